The normalized spacial score (nSPS) is 11.8. The lowest BCUT2D eigenvalue weighted by atomic mass is 10.0. The zero-order chi connectivity index (χ0) is 23.2. The van der Waals surface area contributed by atoms with Gasteiger partial charge in [0.2, 0.25) is 0 Å². The van der Waals surface area contributed by atoms with Crippen LogP contribution in [-0.4, -0.2) is 40.9 Å². The van der Waals surface area contributed by atoms with E-state index in [9.17, 15) is 14.4 Å². The summed E-state index contributed by atoms with van der Waals surface area (Å²) in [5.74, 6) is -2.37. The summed E-state index contributed by atoms with van der Waals surface area (Å²) in [4.78, 5) is 33.2. The van der Waals surface area contributed by atoms with Gasteiger partial charge in [0.05, 0.1) is 6.61 Å². The largest absolute Gasteiger partial charge is 0.481 e. The van der Waals surface area contributed by atoms with Crippen molar-refractivity contribution in [2.75, 3.05) is 6.61 Å². The van der Waals surface area contributed by atoms with E-state index in [0.29, 0.717) is 0 Å². The van der Waals surface area contributed by atoms with Crippen LogP contribution in [0.25, 0.3) is 0 Å². The first kappa shape index (κ1) is 29.2. The Morgan fingerprint density at radius 1 is 0.710 bits per heavy atom. The number of carboxylic acids is 2. The molecule has 0 spiro atoms. The smallest absolute Gasteiger partial charge is 0.407 e. The van der Waals surface area contributed by atoms with Gasteiger partial charge in [-0.05, 0) is 12.8 Å². The number of carbonyl (C=O) groups is 3. The molecular weight excluding hydrogens is 398 g/mol. The van der Waals surface area contributed by atoms with Crippen molar-refractivity contribution >= 4 is 18.0 Å². The van der Waals surface area contributed by atoms with Crippen molar-refractivity contribution in [1.29, 1.82) is 0 Å². The lowest BCUT2D eigenvalue weighted by Gasteiger charge is -2.13. The average molecular weight is 444 g/mol. The summed E-state index contributed by atoms with van der Waals surface area (Å²) >= 11 is 0. The minimum Gasteiger partial charge on any atom is -0.481 e. The summed E-state index contributed by atoms with van der Waals surface area (Å²) < 4.78 is 4.99. The third-order valence-corrected chi connectivity index (χ3v) is 5.47. The van der Waals surface area contributed by atoms with Crippen LogP contribution < -0.4 is 5.32 Å². The van der Waals surface area contributed by atoms with E-state index in [2.05, 4.69) is 12.2 Å². The van der Waals surface area contributed by atoms with Crippen molar-refractivity contribution in [1.82, 2.24) is 5.32 Å². The van der Waals surface area contributed by atoms with Crippen LogP contribution in [-0.2, 0) is 14.3 Å². The summed E-state index contributed by atoms with van der Waals surface area (Å²) in [5, 5.41) is 19.8. The van der Waals surface area contributed by atoms with E-state index in [1.807, 2.05) is 0 Å². The van der Waals surface area contributed by atoms with Gasteiger partial charge >= 0.3 is 18.0 Å². The summed E-state index contributed by atoms with van der Waals surface area (Å²) in [6, 6.07) is -1.24. The second-order valence-corrected chi connectivity index (χ2v) is 8.41. The van der Waals surface area contributed by atoms with Gasteiger partial charge in [-0.1, -0.05) is 103 Å². The number of aliphatic carboxylic acids is 2. The van der Waals surface area contributed by atoms with Crippen molar-refractivity contribution in [3.63, 3.8) is 0 Å². The third kappa shape index (κ3) is 21.2. The van der Waals surface area contributed by atoms with Crippen LogP contribution in [0.4, 0.5) is 4.79 Å². The molecule has 0 aromatic carbocycles. The molecule has 0 aliphatic rings. The molecule has 31 heavy (non-hydrogen) atoms. The number of hydrogen-bond donors (Lipinski definition) is 3. The number of amides is 1. The van der Waals surface area contributed by atoms with Gasteiger partial charge in [0, 0.05) is 6.42 Å². The fraction of sp³-hybridized carbons (Fsp3) is 0.875. The standard InChI is InChI=1S/C24H45NO6/c1-2-3-4-5-6-7-8-9-10-11-12-13-14-15-16-17-20-31-24(30)25-21(23(28)29)18-19-22(26)27/h21H,2-20H2,1H3,(H,25,30)(H,26,27)(H,28,29). The Kier molecular flexibility index (Phi) is 20.2. The number of hydrogen-bond acceptors (Lipinski definition) is 4. The molecule has 7 nitrogen and oxygen atoms in total. The van der Waals surface area contributed by atoms with E-state index in [0.717, 1.165) is 19.3 Å². The molecule has 0 saturated carbocycles. The van der Waals surface area contributed by atoms with Gasteiger partial charge in [-0.15, -0.1) is 0 Å². The molecule has 0 saturated heterocycles. The van der Waals surface area contributed by atoms with E-state index < -0.39 is 24.1 Å². The molecule has 3 N–H and O–H groups in total. The highest BCUT2D eigenvalue weighted by Gasteiger charge is 2.21. The fourth-order valence-corrected chi connectivity index (χ4v) is 3.52. The van der Waals surface area contributed by atoms with Crippen molar-refractivity contribution in [3.05, 3.63) is 0 Å². The van der Waals surface area contributed by atoms with Crippen LogP contribution in [0.2, 0.25) is 0 Å². The fourth-order valence-electron chi connectivity index (χ4n) is 3.52. The van der Waals surface area contributed by atoms with Crippen LogP contribution >= 0.6 is 0 Å². The third-order valence-electron chi connectivity index (χ3n) is 5.47. The van der Waals surface area contributed by atoms with Crippen molar-refractivity contribution in [3.8, 4) is 0 Å². The number of alkyl carbamates (subject to hydrolysis) is 1. The molecule has 0 radical (unpaired) electrons. The highest BCUT2D eigenvalue weighted by molar-refractivity contribution is 5.80. The van der Waals surface area contributed by atoms with Crippen molar-refractivity contribution in [2.45, 2.75) is 129 Å². The lowest BCUT2D eigenvalue weighted by Crippen LogP contribution is -2.41. The van der Waals surface area contributed by atoms with E-state index in [1.165, 1.54) is 83.5 Å². The predicted octanol–water partition coefficient (Wildman–Crippen LogP) is 6.29. The maximum absolute atomic E-state index is 11.6. The molecule has 7 heteroatoms. The average Bonchev–Trinajstić information content (AvgIpc) is 2.73. The van der Waals surface area contributed by atoms with E-state index in [-0.39, 0.29) is 19.4 Å². The monoisotopic (exact) mass is 443 g/mol. The first-order valence-corrected chi connectivity index (χ1v) is 12.3. The van der Waals surface area contributed by atoms with Gasteiger partial charge in [-0.3, -0.25) is 4.79 Å². The Balaban J connectivity index is 3.41. The van der Waals surface area contributed by atoms with Gasteiger partial charge in [0.25, 0.3) is 0 Å². The number of rotatable bonds is 22. The number of ether oxygens (including phenoxy) is 1. The van der Waals surface area contributed by atoms with Crippen LogP contribution in [0.5, 0.6) is 0 Å². The summed E-state index contributed by atoms with van der Waals surface area (Å²) in [6.07, 6.45) is 19.0. The predicted molar refractivity (Wildman–Crippen MR) is 122 cm³/mol. The van der Waals surface area contributed by atoms with Crippen molar-refractivity contribution in [2.24, 2.45) is 0 Å². The zero-order valence-electron chi connectivity index (χ0n) is 19.5. The van der Waals surface area contributed by atoms with E-state index in [1.54, 1.807) is 0 Å². The van der Waals surface area contributed by atoms with Gasteiger partial charge in [-0.25, -0.2) is 9.59 Å². The highest BCUT2D eigenvalue weighted by Crippen LogP contribution is 2.13. The molecular formula is C24H45NO6. The summed E-state index contributed by atoms with van der Waals surface area (Å²) in [6.45, 7) is 2.50. The quantitative estimate of drug-likeness (QED) is 0.169. The Bertz CT molecular complexity index is 469. The molecule has 1 amide bonds. The number of carboxylic acid groups (broad SMARTS) is 2. The second-order valence-electron chi connectivity index (χ2n) is 8.41. The molecule has 1 unspecified atom stereocenters. The van der Waals surface area contributed by atoms with Crippen molar-refractivity contribution < 1.29 is 29.3 Å². The van der Waals surface area contributed by atoms with E-state index in [4.69, 9.17) is 14.9 Å². The van der Waals surface area contributed by atoms with Gasteiger partial charge in [0.1, 0.15) is 6.04 Å². The molecule has 0 heterocycles. The Morgan fingerprint density at radius 2 is 1.13 bits per heavy atom. The van der Waals surface area contributed by atoms with Gasteiger partial charge < -0.3 is 20.3 Å². The first-order chi connectivity index (χ1) is 15.0. The maximum atomic E-state index is 11.6. The molecule has 0 aromatic heterocycles. The van der Waals surface area contributed by atoms with Crippen LogP contribution in [0.15, 0.2) is 0 Å². The van der Waals surface area contributed by atoms with Gasteiger partial charge in [-0.2, -0.15) is 0 Å². The van der Waals surface area contributed by atoms with Crippen LogP contribution in [0.1, 0.15) is 122 Å². The summed E-state index contributed by atoms with van der Waals surface area (Å²) in [7, 11) is 0. The first-order valence-electron chi connectivity index (χ1n) is 12.3. The molecule has 0 bridgehead atoms. The van der Waals surface area contributed by atoms with E-state index >= 15 is 0 Å². The minimum absolute atomic E-state index is 0.168. The number of carbonyl (C=O) groups excluding carboxylic acids is 1. The summed E-state index contributed by atoms with van der Waals surface area (Å²) in [5.41, 5.74) is 0. The maximum Gasteiger partial charge on any atom is 0.407 e. The van der Waals surface area contributed by atoms with Gasteiger partial charge in [0.15, 0.2) is 0 Å². The molecule has 0 aliphatic heterocycles. The SMILES string of the molecule is CCCCCCCCCCCCCCCCCCOC(=O)NC(CCC(=O)O)C(=O)O. The second kappa shape index (κ2) is 21.4. The van der Waals surface area contributed by atoms with Crippen LogP contribution in [0.3, 0.4) is 0 Å². The minimum atomic E-state index is -1.26. The number of nitrogens with one attached hydrogen (secondary N) is 1. The van der Waals surface area contributed by atoms with Crippen LogP contribution in [0, 0.1) is 0 Å². The molecule has 0 fully saturated rings. The molecule has 0 aromatic rings. The highest BCUT2D eigenvalue weighted by atomic mass is 16.5. The molecule has 1 atom stereocenters. The lowest BCUT2D eigenvalue weighted by molar-refractivity contribution is -0.140. The molecule has 0 rings (SSSR count). The zero-order valence-corrected chi connectivity index (χ0v) is 19.5. The Morgan fingerprint density at radius 3 is 1.52 bits per heavy atom. The molecule has 0 aliphatic carbocycles. The Labute approximate surface area is 188 Å². The topological polar surface area (TPSA) is 113 Å². The molecule has 182 valence electrons. The Hall–Kier alpha value is -1.79. The number of unbranched alkanes of at least 4 members (excludes halogenated alkanes) is 15.